The summed E-state index contributed by atoms with van der Waals surface area (Å²) in [7, 11) is 0. The number of rotatable bonds is 0. The molecule has 1 aliphatic rings. The number of benzene rings is 2. The smallest absolute Gasteiger partial charge is 0.00202 e. The summed E-state index contributed by atoms with van der Waals surface area (Å²) in [4.78, 5) is 0. The highest BCUT2D eigenvalue weighted by molar-refractivity contribution is 5.43. The molecule has 1 aliphatic carbocycles. The van der Waals surface area contributed by atoms with Gasteiger partial charge in [0.1, 0.15) is 0 Å². The molecule has 18 heavy (non-hydrogen) atoms. The van der Waals surface area contributed by atoms with Crippen molar-refractivity contribution in [1.29, 1.82) is 0 Å². The lowest BCUT2D eigenvalue weighted by atomic mass is 9.97. The molecule has 0 aromatic heterocycles. The molecule has 0 heterocycles. The Morgan fingerprint density at radius 2 is 1.39 bits per heavy atom. The molecule has 0 saturated carbocycles. The van der Waals surface area contributed by atoms with Crippen LogP contribution in [0.25, 0.3) is 0 Å². The summed E-state index contributed by atoms with van der Waals surface area (Å²) in [5.41, 5.74) is 7.57. The molecule has 0 N–H and O–H groups in total. The minimum Gasteiger partial charge on any atom is -0.0683 e. The monoisotopic (exact) mass is 238 g/mol. The van der Waals surface area contributed by atoms with Crippen molar-refractivity contribution >= 4 is 0 Å². The summed E-state index contributed by atoms with van der Waals surface area (Å²) in [6.45, 7) is 6.23. The minimum absolute atomic E-state index is 1.10. The predicted molar refractivity (Wildman–Crippen MR) is 79.2 cm³/mol. The van der Waals surface area contributed by atoms with E-state index in [-0.39, 0.29) is 0 Å². The maximum atomic E-state index is 2.28. The van der Waals surface area contributed by atoms with Crippen molar-refractivity contribution < 1.29 is 0 Å². The molecule has 0 nitrogen and oxygen atoms in total. The number of fused-ring (bicyclic) bond motifs is 2. The van der Waals surface area contributed by atoms with Gasteiger partial charge in [-0.05, 0) is 54.0 Å². The average molecular weight is 238 g/mol. The van der Waals surface area contributed by atoms with Crippen LogP contribution in [0.15, 0.2) is 42.5 Å². The first-order valence-corrected chi connectivity index (χ1v) is 6.99. The van der Waals surface area contributed by atoms with Gasteiger partial charge in [0.15, 0.2) is 0 Å². The van der Waals surface area contributed by atoms with Crippen LogP contribution in [-0.4, -0.2) is 0 Å². The molecule has 0 unspecified atom stereocenters. The molecule has 2 aromatic carbocycles. The Kier molecular flexibility index (Phi) is 4.19. The Bertz CT molecular complexity index is 523. The van der Waals surface area contributed by atoms with Gasteiger partial charge in [-0.15, -0.1) is 0 Å². The molecular weight excluding hydrogens is 216 g/mol. The summed E-state index contributed by atoms with van der Waals surface area (Å²) in [6.07, 6.45) is 3.49. The van der Waals surface area contributed by atoms with Crippen LogP contribution >= 0.6 is 0 Å². The van der Waals surface area contributed by atoms with Gasteiger partial charge in [-0.25, -0.2) is 0 Å². The molecule has 0 amide bonds. The molecule has 0 bridgehead atoms. The van der Waals surface area contributed by atoms with Crippen LogP contribution in [0.5, 0.6) is 0 Å². The molecule has 0 aliphatic heterocycles. The van der Waals surface area contributed by atoms with Gasteiger partial charge >= 0.3 is 0 Å². The number of aryl methyl sites for hydroxylation is 2. The van der Waals surface area contributed by atoms with E-state index in [1.54, 1.807) is 5.56 Å². The Labute approximate surface area is 111 Å². The number of hydrogen-bond donors (Lipinski definition) is 0. The third-order valence-electron chi connectivity index (χ3n) is 3.65. The topological polar surface area (TPSA) is 0 Å². The third kappa shape index (κ3) is 2.48. The first-order valence-electron chi connectivity index (χ1n) is 6.99. The van der Waals surface area contributed by atoms with Gasteiger partial charge in [0.2, 0.25) is 0 Å². The van der Waals surface area contributed by atoms with E-state index >= 15 is 0 Å². The van der Waals surface area contributed by atoms with Gasteiger partial charge in [-0.3, -0.25) is 0 Å². The average Bonchev–Trinajstić information content (AvgIpc) is 2.61. The lowest BCUT2D eigenvalue weighted by Crippen LogP contribution is -1.95. The van der Waals surface area contributed by atoms with Gasteiger partial charge in [0.25, 0.3) is 0 Å². The molecule has 0 fully saturated rings. The lowest BCUT2D eigenvalue weighted by Gasteiger charge is -2.08. The zero-order valence-corrected chi connectivity index (χ0v) is 11.7. The summed E-state index contributed by atoms with van der Waals surface area (Å²) >= 11 is 0. The SMILES string of the molecule is CC.Cc1cccc2c1CCc1ccccc1C2. The quantitative estimate of drug-likeness (QED) is 0.623. The van der Waals surface area contributed by atoms with Crippen molar-refractivity contribution in [2.24, 2.45) is 0 Å². The van der Waals surface area contributed by atoms with E-state index in [0.717, 1.165) is 6.42 Å². The summed E-state index contributed by atoms with van der Waals surface area (Å²) in [5.74, 6) is 0. The van der Waals surface area contributed by atoms with Crippen molar-refractivity contribution in [3.05, 3.63) is 70.3 Å². The second-order valence-corrected chi connectivity index (χ2v) is 4.66. The molecule has 0 heteroatoms. The van der Waals surface area contributed by atoms with E-state index in [4.69, 9.17) is 0 Å². The Hall–Kier alpha value is -1.56. The fourth-order valence-corrected chi connectivity index (χ4v) is 2.73. The van der Waals surface area contributed by atoms with Crippen LogP contribution in [-0.2, 0) is 19.3 Å². The van der Waals surface area contributed by atoms with E-state index in [0.29, 0.717) is 0 Å². The van der Waals surface area contributed by atoms with Crippen LogP contribution in [0.4, 0.5) is 0 Å². The highest BCUT2D eigenvalue weighted by Crippen LogP contribution is 2.26. The predicted octanol–water partition coefficient (Wildman–Crippen LogP) is 4.71. The third-order valence-corrected chi connectivity index (χ3v) is 3.65. The zero-order chi connectivity index (χ0) is 13.0. The zero-order valence-electron chi connectivity index (χ0n) is 11.7. The van der Waals surface area contributed by atoms with Crippen molar-refractivity contribution in [2.45, 2.75) is 40.0 Å². The van der Waals surface area contributed by atoms with Crippen molar-refractivity contribution in [2.75, 3.05) is 0 Å². The van der Waals surface area contributed by atoms with Gasteiger partial charge in [-0.1, -0.05) is 56.3 Å². The van der Waals surface area contributed by atoms with Gasteiger partial charge in [0, 0.05) is 0 Å². The summed E-state index contributed by atoms with van der Waals surface area (Å²) < 4.78 is 0. The van der Waals surface area contributed by atoms with E-state index in [1.165, 1.54) is 35.1 Å². The van der Waals surface area contributed by atoms with E-state index in [9.17, 15) is 0 Å². The van der Waals surface area contributed by atoms with Crippen LogP contribution in [0, 0.1) is 6.92 Å². The van der Waals surface area contributed by atoms with Crippen LogP contribution in [0.3, 0.4) is 0 Å². The molecule has 0 spiro atoms. The first-order chi connectivity index (χ1) is 8.84. The highest BCUT2D eigenvalue weighted by atomic mass is 14.2. The fourth-order valence-electron chi connectivity index (χ4n) is 2.73. The second kappa shape index (κ2) is 5.86. The normalized spacial score (nSPS) is 12.6. The molecule has 2 aromatic rings. The standard InChI is InChI=1S/C16H16.C2H6/c1-12-5-4-8-15-11-14-7-3-2-6-13(14)9-10-16(12)15;1-2/h2-8H,9-11H2,1H3;1-2H3. The Morgan fingerprint density at radius 3 is 2.17 bits per heavy atom. The maximum absolute atomic E-state index is 2.28. The van der Waals surface area contributed by atoms with Gasteiger partial charge < -0.3 is 0 Å². The molecule has 3 rings (SSSR count). The van der Waals surface area contributed by atoms with Gasteiger partial charge in [0.05, 0.1) is 0 Å². The molecule has 0 saturated heterocycles. The largest absolute Gasteiger partial charge is 0.0683 e. The Balaban J connectivity index is 0.000000574. The van der Waals surface area contributed by atoms with Gasteiger partial charge in [-0.2, -0.15) is 0 Å². The van der Waals surface area contributed by atoms with E-state index < -0.39 is 0 Å². The maximum Gasteiger partial charge on any atom is -0.00202 e. The van der Waals surface area contributed by atoms with Crippen LogP contribution in [0.2, 0.25) is 0 Å². The Morgan fingerprint density at radius 1 is 0.722 bits per heavy atom. The molecule has 0 radical (unpaired) electrons. The van der Waals surface area contributed by atoms with E-state index in [2.05, 4.69) is 49.4 Å². The fraction of sp³-hybridized carbons (Fsp3) is 0.333. The van der Waals surface area contributed by atoms with Crippen molar-refractivity contribution in [1.82, 2.24) is 0 Å². The molecular formula is C18H22. The van der Waals surface area contributed by atoms with Crippen LogP contribution in [0.1, 0.15) is 41.7 Å². The minimum atomic E-state index is 1.10. The summed E-state index contributed by atoms with van der Waals surface area (Å²) in [6, 6.07) is 15.5. The molecule has 94 valence electrons. The number of hydrogen-bond acceptors (Lipinski definition) is 0. The first kappa shape index (κ1) is 12.9. The summed E-state index contributed by atoms with van der Waals surface area (Å²) in [5, 5.41) is 0. The van der Waals surface area contributed by atoms with E-state index in [1.807, 2.05) is 13.8 Å². The second-order valence-electron chi connectivity index (χ2n) is 4.66. The highest BCUT2D eigenvalue weighted by Gasteiger charge is 2.13. The lowest BCUT2D eigenvalue weighted by molar-refractivity contribution is 0.954. The molecule has 0 atom stereocenters. The van der Waals surface area contributed by atoms with Crippen molar-refractivity contribution in [3.8, 4) is 0 Å². The van der Waals surface area contributed by atoms with Crippen LogP contribution < -0.4 is 0 Å². The van der Waals surface area contributed by atoms with Crippen molar-refractivity contribution in [3.63, 3.8) is 0 Å².